The first-order valence-electron chi connectivity index (χ1n) is 8.64. The highest BCUT2D eigenvalue weighted by atomic mass is 35.5. The van der Waals surface area contributed by atoms with Crippen LogP contribution in [0.3, 0.4) is 0 Å². The Bertz CT molecular complexity index is 902. The van der Waals surface area contributed by atoms with Crippen LogP contribution in [0.15, 0.2) is 42.5 Å². The quantitative estimate of drug-likeness (QED) is 0.690. The summed E-state index contributed by atoms with van der Waals surface area (Å²) >= 11 is 13.1. The summed E-state index contributed by atoms with van der Waals surface area (Å²) in [6, 6.07) is 12.3. The standard InChI is InChI=1S/C20H18Cl2N2O3S/c1-12(8-14-4-5-15(21)9-17(14)22)19(26)23-16-6-2-13(3-7-16)10-24-18(25)11-28-20(24)27/h2-7,9,12H,8,10-11H2,1H3,(H,23,26). The molecule has 1 aliphatic heterocycles. The molecule has 1 saturated heterocycles. The van der Waals surface area contributed by atoms with Crippen LogP contribution in [-0.2, 0) is 22.6 Å². The zero-order valence-electron chi connectivity index (χ0n) is 15.1. The normalized spacial score (nSPS) is 15.0. The molecule has 3 rings (SSSR count). The monoisotopic (exact) mass is 436 g/mol. The third kappa shape index (κ3) is 5.07. The Balaban J connectivity index is 1.57. The van der Waals surface area contributed by atoms with Crippen molar-refractivity contribution in [2.24, 2.45) is 5.92 Å². The molecule has 1 atom stereocenters. The van der Waals surface area contributed by atoms with Gasteiger partial charge in [0.05, 0.1) is 12.3 Å². The number of rotatable bonds is 6. The van der Waals surface area contributed by atoms with Crippen molar-refractivity contribution in [1.82, 2.24) is 4.90 Å². The van der Waals surface area contributed by atoms with E-state index in [1.807, 2.05) is 13.0 Å². The van der Waals surface area contributed by atoms with Gasteiger partial charge < -0.3 is 5.32 Å². The summed E-state index contributed by atoms with van der Waals surface area (Å²) in [5, 5.41) is 3.75. The Labute approximate surface area is 177 Å². The molecule has 8 heteroatoms. The second-order valence-corrected chi connectivity index (χ2v) is 8.33. The molecule has 0 radical (unpaired) electrons. The lowest BCUT2D eigenvalue weighted by Crippen LogP contribution is -2.27. The van der Waals surface area contributed by atoms with Crippen molar-refractivity contribution >= 4 is 57.7 Å². The smallest absolute Gasteiger partial charge is 0.289 e. The molecule has 5 nitrogen and oxygen atoms in total. The lowest BCUT2D eigenvalue weighted by molar-refractivity contribution is -0.125. The molecule has 1 aliphatic rings. The van der Waals surface area contributed by atoms with Crippen LogP contribution in [0.4, 0.5) is 10.5 Å². The van der Waals surface area contributed by atoms with Crippen molar-refractivity contribution in [3.8, 4) is 0 Å². The Morgan fingerprint density at radius 2 is 1.89 bits per heavy atom. The largest absolute Gasteiger partial charge is 0.326 e. The first-order valence-corrected chi connectivity index (χ1v) is 10.4. The van der Waals surface area contributed by atoms with Crippen molar-refractivity contribution in [3.63, 3.8) is 0 Å². The number of carbonyl (C=O) groups is 3. The summed E-state index contributed by atoms with van der Waals surface area (Å²) in [6.07, 6.45) is 0.497. The van der Waals surface area contributed by atoms with Gasteiger partial charge in [-0.2, -0.15) is 0 Å². The first kappa shape index (κ1) is 20.7. The molecule has 1 unspecified atom stereocenters. The van der Waals surface area contributed by atoms with E-state index in [0.717, 1.165) is 22.9 Å². The highest BCUT2D eigenvalue weighted by molar-refractivity contribution is 8.14. The summed E-state index contributed by atoms with van der Waals surface area (Å²) in [5.41, 5.74) is 2.33. The number of benzene rings is 2. The van der Waals surface area contributed by atoms with E-state index in [4.69, 9.17) is 23.2 Å². The number of hydrogen-bond donors (Lipinski definition) is 1. The van der Waals surface area contributed by atoms with Crippen LogP contribution in [0.2, 0.25) is 10.0 Å². The summed E-state index contributed by atoms with van der Waals surface area (Å²) in [4.78, 5) is 37.0. The van der Waals surface area contributed by atoms with E-state index in [2.05, 4.69) is 5.32 Å². The van der Waals surface area contributed by atoms with Crippen molar-refractivity contribution in [1.29, 1.82) is 0 Å². The lowest BCUT2D eigenvalue weighted by atomic mass is 10.00. The maximum absolute atomic E-state index is 12.5. The van der Waals surface area contributed by atoms with Gasteiger partial charge in [0, 0.05) is 21.7 Å². The highest BCUT2D eigenvalue weighted by Crippen LogP contribution is 2.24. The SMILES string of the molecule is CC(Cc1ccc(Cl)cc1Cl)C(=O)Nc1ccc(CN2C(=O)CSC2=O)cc1. The molecule has 2 aromatic rings. The first-order chi connectivity index (χ1) is 13.3. The van der Waals surface area contributed by atoms with E-state index >= 15 is 0 Å². The molecule has 1 heterocycles. The maximum Gasteiger partial charge on any atom is 0.289 e. The van der Waals surface area contributed by atoms with Crippen molar-refractivity contribution in [2.75, 3.05) is 11.1 Å². The van der Waals surface area contributed by atoms with E-state index in [1.54, 1.807) is 36.4 Å². The average molecular weight is 437 g/mol. The van der Waals surface area contributed by atoms with Crippen molar-refractivity contribution in [3.05, 3.63) is 63.6 Å². The van der Waals surface area contributed by atoms with Crippen LogP contribution in [0, 0.1) is 5.92 Å². The van der Waals surface area contributed by atoms with E-state index in [1.165, 1.54) is 4.90 Å². The Morgan fingerprint density at radius 3 is 2.50 bits per heavy atom. The van der Waals surface area contributed by atoms with Gasteiger partial charge in [-0.3, -0.25) is 19.3 Å². The zero-order valence-corrected chi connectivity index (χ0v) is 17.4. The molecular weight excluding hydrogens is 419 g/mol. The topological polar surface area (TPSA) is 66.5 Å². The fraction of sp³-hybridized carbons (Fsp3) is 0.250. The molecule has 0 aromatic heterocycles. The van der Waals surface area contributed by atoms with Crippen molar-refractivity contribution < 1.29 is 14.4 Å². The average Bonchev–Trinajstić information content (AvgIpc) is 2.97. The third-order valence-corrected chi connectivity index (χ3v) is 5.84. The van der Waals surface area contributed by atoms with Gasteiger partial charge in [0.15, 0.2) is 0 Å². The molecule has 0 bridgehead atoms. The van der Waals surface area contributed by atoms with E-state index in [9.17, 15) is 14.4 Å². The van der Waals surface area contributed by atoms with Crippen LogP contribution >= 0.6 is 35.0 Å². The lowest BCUT2D eigenvalue weighted by Gasteiger charge is -2.15. The van der Waals surface area contributed by atoms with Crippen LogP contribution in [0.5, 0.6) is 0 Å². The van der Waals surface area contributed by atoms with Crippen LogP contribution < -0.4 is 5.32 Å². The van der Waals surface area contributed by atoms with Gasteiger partial charge in [0.25, 0.3) is 5.24 Å². The van der Waals surface area contributed by atoms with Gasteiger partial charge in [-0.15, -0.1) is 0 Å². The molecule has 3 amide bonds. The van der Waals surface area contributed by atoms with Gasteiger partial charge in [-0.25, -0.2) is 0 Å². The maximum atomic E-state index is 12.5. The van der Waals surface area contributed by atoms with E-state index < -0.39 is 0 Å². The number of nitrogens with zero attached hydrogens (tertiary/aromatic N) is 1. The number of thioether (sulfide) groups is 1. The minimum Gasteiger partial charge on any atom is -0.326 e. The second kappa shape index (κ2) is 8.99. The number of halogens is 2. The van der Waals surface area contributed by atoms with Gasteiger partial charge in [-0.1, -0.05) is 60.1 Å². The second-order valence-electron chi connectivity index (χ2n) is 6.56. The molecule has 0 aliphatic carbocycles. The molecule has 1 N–H and O–H groups in total. The van der Waals surface area contributed by atoms with Crippen LogP contribution in [-0.4, -0.2) is 27.7 Å². The van der Waals surface area contributed by atoms with Crippen LogP contribution in [0.1, 0.15) is 18.1 Å². The Hall–Kier alpha value is -2.02. The van der Waals surface area contributed by atoms with Gasteiger partial charge in [0.1, 0.15) is 0 Å². The molecule has 146 valence electrons. The minimum atomic E-state index is -0.282. The van der Waals surface area contributed by atoms with Gasteiger partial charge in [-0.05, 0) is 41.8 Å². The zero-order chi connectivity index (χ0) is 20.3. The Morgan fingerprint density at radius 1 is 1.18 bits per heavy atom. The molecular formula is C20H18Cl2N2O3S. The number of nitrogens with one attached hydrogen (secondary N) is 1. The predicted octanol–water partition coefficient (Wildman–Crippen LogP) is 5.01. The van der Waals surface area contributed by atoms with Crippen LogP contribution in [0.25, 0.3) is 0 Å². The summed E-state index contributed by atoms with van der Waals surface area (Å²) in [7, 11) is 0. The number of carbonyl (C=O) groups excluding carboxylic acids is 3. The number of anilines is 1. The predicted molar refractivity (Wildman–Crippen MR) is 113 cm³/mol. The third-order valence-electron chi connectivity index (χ3n) is 4.39. The number of amides is 3. The number of imide groups is 1. The molecule has 28 heavy (non-hydrogen) atoms. The summed E-state index contributed by atoms with van der Waals surface area (Å²) < 4.78 is 0. The highest BCUT2D eigenvalue weighted by Gasteiger charge is 2.29. The summed E-state index contributed by atoms with van der Waals surface area (Å²) in [5.74, 6) is -0.389. The molecule has 2 aromatic carbocycles. The van der Waals surface area contributed by atoms with E-state index in [-0.39, 0.29) is 35.3 Å². The summed E-state index contributed by atoms with van der Waals surface area (Å²) in [6.45, 7) is 2.07. The fourth-order valence-corrected chi connectivity index (χ4v) is 4.00. The fourth-order valence-electron chi connectivity index (χ4n) is 2.79. The van der Waals surface area contributed by atoms with E-state index in [0.29, 0.717) is 22.2 Å². The van der Waals surface area contributed by atoms with Crippen molar-refractivity contribution in [2.45, 2.75) is 19.9 Å². The Kier molecular flexibility index (Phi) is 6.65. The number of hydrogen-bond acceptors (Lipinski definition) is 4. The molecule has 0 saturated carbocycles. The minimum absolute atomic E-state index is 0.125. The van der Waals surface area contributed by atoms with Gasteiger partial charge in [0.2, 0.25) is 11.8 Å². The molecule has 1 fully saturated rings. The molecule has 0 spiro atoms. The van der Waals surface area contributed by atoms with Gasteiger partial charge >= 0.3 is 0 Å².